The van der Waals surface area contributed by atoms with E-state index in [1.165, 1.54) is 43.3 Å². The molecule has 4 N–H and O–H groups in total. The first-order valence-corrected chi connectivity index (χ1v) is 6.69. The normalized spacial score (nSPS) is 9.96. The molecule has 0 unspecified atom stereocenters. The second-order valence-electron chi connectivity index (χ2n) is 4.72. The van der Waals surface area contributed by atoms with Crippen molar-refractivity contribution < 1.29 is 19.5 Å². The van der Waals surface area contributed by atoms with Gasteiger partial charge in [-0.15, -0.1) is 0 Å². The first kappa shape index (κ1) is 16.0. The number of amides is 3. The van der Waals surface area contributed by atoms with Gasteiger partial charge in [-0.3, -0.25) is 14.4 Å². The predicted octanol–water partition coefficient (Wildman–Crippen LogP) is 1.49. The maximum Gasteiger partial charge on any atom is 0.323 e. The summed E-state index contributed by atoms with van der Waals surface area (Å²) >= 11 is 0. The van der Waals surface area contributed by atoms with E-state index in [2.05, 4.69) is 5.32 Å². The smallest absolute Gasteiger partial charge is 0.323 e. The van der Waals surface area contributed by atoms with Crippen molar-refractivity contribution in [2.75, 3.05) is 16.0 Å². The minimum atomic E-state index is -1.06. The summed E-state index contributed by atoms with van der Waals surface area (Å²) < 4.78 is 0. The number of carbonyl (C=O) groups excluding carboxylic acids is 3. The Morgan fingerprint density at radius 2 is 1.65 bits per heavy atom. The van der Waals surface area contributed by atoms with E-state index >= 15 is 0 Å². The van der Waals surface area contributed by atoms with E-state index in [9.17, 15) is 19.5 Å². The van der Waals surface area contributed by atoms with Crippen molar-refractivity contribution in [1.82, 2.24) is 0 Å². The Morgan fingerprint density at radius 1 is 1.04 bits per heavy atom. The van der Waals surface area contributed by atoms with Gasteiger partial charge in [0.15, 0.2) is 0 Å². The number of nitrogens with zero attached hydrogens (tertiary/aromatic N) is 1. The summed E-state index contributed by atoms with van der Waals surface area (Å²) in [5, 5.41) is 11.9. The quantitative estimate of drug-likeness (QED) is 0.442. The summed E-state index contributed by atoms with van der Waals surface area (Å²) in [5.41, 5.74) is 6.33. The molecule has 0 saturated heterocycles. The highest BCUT2D eigenvalue weighted by atomic mass is 16.3. The van der Waals surface area contributed by atoms with Crippen LogP contribution in [0.3, 0.4) is 0 Å². The van der Waals surface area contributed by atoms with Gasteiger partial charge in [-0.25, -0.2) is 4.90 Å². The van der Waals surface area contributed by atoms with Crippen molar-refractivity contribution in [2.24, 2.45) is 0 Å². The summed E-state index contributed by atoms with van der Waals surface area (Å²) in [6.45, 7) is 1.17. The monoisotopic (exact) mass is 313 g/mol. The lowest BCUT2D eigenvalue weighted by molar-refractivity contribution is -0.136. The zero-order valence-corrected chi connectivity index (χ0v) is 12.3. The highest BCUT2D eigenvalue weighted by Crippen LogP contribution is 2.22. The minimum absolute atomic E-state index is 0.0756. The van der Waals surface area contributed by atoms with Gasteiger partial charge in [0, 0.05) is 12.6 Å². The summed E-state index contributed by atoms with van der Waals surface area (Å²) in [5.74, 6) is -2.91. The average molecular weight is 313 g/mol. The van der Waals surface area contributed by atoms with E-state index in [1.54, 1.807) is 12.1 Å². The number of anilines is 3. The molecule has 0 aliphatic heterocycles. The van der Waals surface area contributed by atoms with E-state index in [1.807, 2.05) is 0 Å². The maximum absolute atomic E-state index is 12.3. The topological polar surface area (TPSA) is 113 Å². The van der Waals surface area contributed by atoms with Crippen molar-refractivity contribution in [1.29, 1.82) is 0 Å². The van der Waals surface area contributed by atoms with Gasteiger partial charge in [0.1, 0.15) is 5.75 Å². The number of nitrogens with two attached hydrogens (primary N) is 1. The molecule has 0 spiro atoms. The Balaban J connectivity index is 2.24. The number of phenols is 1. The Morgan fingerprint density at radius 3 is 2.22 bits per heavy atom. The van der Waals surface area contributed by atoms with Crippen LogP contribution in [0.4, 0.5) is 17.1 Å². The molecule has 2 rings (SSSR count). The molecule has 7 heteroatoms. The average Bonchev–Trinajstić information content (AvgIpc) is 2.51. The molecular formula is C16H15N3O4. The molecule has 0 heterocycles. The van der Waals surface area contributed by atoms with Crippen molar-refractivity contribution in [3.05, 3.63) is 48.5 Å². The molecule has 0 aliphatic carbocycles. The third kappa shape index (κ3) is 3.65. The van der Waals surface area contributed by atoms with Crippen LogP contribution in [0.5, 0.6) is 5.75 Å². The predicted molar refractivity (Wildman–Crippen MR) is 85.8 cm³/mol. The fourth-order valence-electron chi connectivity index (χ4n) is 1.92. The van der Waals surface area contributed by atoms with E-state index in [4.69, 9.17) is 5.73 Å². The fourth-order valence-corrected chi connectivity index (χ4v) is 1.92. The van der Waals surface area contributed by atoms with Crippen LogP contribution < -0.4 is 16.0 Å². The van der Waals surface area contributed by atoms with Crippen molar-refractivity contribution in [3.8, 4) is 5.75 Å². The van der Waals surface area contributed by atoms with Crippen LogP contribution in [0, 0.1) is 0 Å². The van der Waals surface area contributed by atoms with Crippen LogP contribution in [0.1, 0.15) is 6.92 Å². The maximum atomic E-state index is 12.3. The molecule has 2 aromatic rings. The Bertz CT molecular complexity index is 756. The lowest BCUT2D eigenvalue weighted by Gasteiger charge is -2.19. The number of nitrogen functional groups attached to an aromatic ring is 1. The highest BCUT2D eigenvalue weighted by molar-refractivity contribution is 6.48. The van der Waals surface area contributed by atoms with Gasteiger partial charge in [0.05, 0.1) is 11.4 Å². The zero-order chi connectivity index (χ0) is 17.0. The zero-order valence-electron chi connectivity index (χ0n) is 12.3. The number of benzene rings is 2. The van der Waals surface area contributed by atoms with Gasteiger partial charge in [0.2, 0.25) is 5.91 Å². The summed E-state index contributed by atoms with van der Waals surface area (Å²) in [6.07, 6.45) is 0. The SMILES string of the molecule is CC(=O)N(C(=O)C(=O)Nc1ccccc1O)c1ccc(N)cc1. The number of para-hydroxylation sites is 2. The van der Waals surface area contributed by atoms with Crippen molar-refractivity contribution in [3.63, 3.8) is 0 Å². The lowest BCUT2D eigenvalue weighted by atomic mass is 10.2. The standard InChI is InChI=1S/C16H15N3O4/c1-10(20)19(12-8-6-11(17)7-9-12)16(23)15(22)18-13-4-2-3-5-14(13)21/h2-9,21H,17H2,1H3,(H,18,22). The van der Waals surface area contributed by atoms with Gasteiger partial charge in [-0.2, -0.15) is 0 Å². The summed E-state index contributed by atoms with van der Waals surface area (Å²) in [7, 11) is 0. The van der Waals surface area contributed by atoms with Gasteiger partial charge in [-0.1, -0.05) is 12.1 Å². The summed E-state index contributed by atoms with van der Waals surface area (Å²) in [6, 6.07) is 11.9. The molecule has 0 bridgehead atoms. The first-order valence-electron chi connectivity index (χ1n) is 6.69. The number of nitrogens with one attached hydrogen (secondary N) is 1. The van der Waals surface area contributed by atoms with Crippen molar-refractivity contribution in [2.45, 2.75) is 6.92 Å². The van der Waals surface area contributed by atoms with Crippen LogP contribution in [-0.2, 0) is 14.4 Å². The molecule has 2 aromatic carbocycles. The van der Waals surface area contributed by atoms with E-state index in [-0.39, 0.29) is 17.1 Å². The third-order valence-corrected chi connectivity index (χ3v) is 3.02. The first-order chi connectivity index (χ1) is 10.9. The molecule has 0 radical (unpaired) electrons. The van der Waals surface area contributed by atoms with Crippen LogP contribution in [0.15, 0.2) is 48.5 Å². The molecule has 0 saturated carbocycles. The molecule has 0 aliphatic rings. The number of hydrogen-bond donors (Lipinski definition) is 3. The van der Waals surface area contributed by atoms with E-state index in [0.717, 1.165) is 4.90 Å². The van der Waals surface area contributed by atoms with E-state index < -0.39 is 17.7 Å². The Hall–Kier alpha value is -3.35. The molecular weight excluding hydrogens is 298 g/mol. The molecule has 0 fully saturated rings. The third-order valence-electron chi connectivity index (χ3n) is 3.02. The molecule has 23 heavy (non-hydrogen) atoms. The van der Waals surface area contributed by atoms with E-state index in [0.29, 0.717) is 5.69 Å². The van der Waals surface area contributed by atoms with Crippen LogP contribution in [-0.4, -0.2) is 22.8 Å². The Kier molecular flexibility index (Phi) is 4.61. The number of aromatic hydroxyl groups is 1. The van der Waals surface area contributed by atoms with Gasteiger partial charge < -0.3 is 16.2 Å². The number of phenolic OH excluding ortho intramolecular Hbond substituents is 1. The molecule has 3 amide bonds. The van der Waals surface area contributed by atoms with Gasteiger partial charge in [0.25, 0.3) is 0 Å². The van der Waals surface area contributed by atoms with Crippen LogP contribution >= 0.6 is 0 Å². The number of imide groups is 1. The van der Waals surface area contributed by atoms with Gasteiger partial charge >= 0.3 is 11.8 Å². The van der Waals surface area contributed by atoms with Crippen LogP contribution in [0.2, 0.25) is 0 Å². The lowest BCUT2D eigenvalue weighted by Crippen LogP contribution is -2.42. The minimum Gasteiger partial charge on any atom is -0.506 e. The second-order valence-corrected chi connectivity index (χ2v) is 4.72. The molecule has 0 atom stereocenters. The van der Waals surface area contributed by atoms with Gasteiger partial charge in [-0.05, 0) is 36.4 Å². The highest BCUT2D eigenvalue weighted by Gasteiger charge is 2.27. The second kappa shape index (κ2) is 6.61. The number of hydrogen-bond acceptors (Lipinski definition) is 5. The number of carbonyl (C=O) groups is 3. The molecule has 0 aromatic heterocycles. The van der Waals surface area contributed by atoms with Crippen LogP contribution in [0.25, 0.3) is 0 Å². The Labute approximate surface area is 132 Å². The number of rotatable bonds is 2. The summed E-state index contributed by atoms with van der Waals surface area (Å²) in [4.78, 5) is 36.8. The molecule has 7 nitrogen and oxygen atoms in total. The van der Waals surface area contributed by atoms with Crippen molar-refractivity contribution >= 4 is 34.8 Å². The largest absolute Gasteiger partial charge is 0.506 e. The fraction of sp³-hybridized carbons (Fsp3) is 0.0625. The molecule has 118 valence electrons.